The van der Waals surface area contributed by atoms with Gasteiger partial charge in [0, 0.05) is 18.0 Å². The molecule has 1 aliphatic carbocycles. The van der Waals surface area contributed by atoms with Crippen molar-refractivity contribution in [2.75, 3.05) is 0 Å². The Hall–Kier alpha value is -1.10. The molecule has 0 aromatic rings. The lowest BCUT2D eigenvalue weighted by Gasteiger charge is -2.38. The van der Waals surface area contributed by atoms with Crippen molar-refractivity contribution in [3.63, 3.8) is 0 Å². The molecule has 5 nitrogen and oxygen atoms in total. The highest BCUT2D eigenvalue weighted by Gasteiger charge is 2.46. The van der Waals surface area contributed by atoms with Crippen molar-refractivity contribution in [3.05, 3.63) is 0 Å². The maximum Gasteiger partial charge on any atom is 0.306 e. The third kappa shape index (κ3) is 2.24. The minimum absolute atomic E-state index is 0.112. The third-order valence-electron chi connectivity index (χ3n) is 5.09. The summed E-state index contributed by atoms with van der Waals surface area (Å²) in [5.74, 6) is -1.09. The molecule has 5 heteroatoms. The summed E-state index contributed by atoms with van der Waals surface area (Å²) in [5.41, 5.74) is 0. The van der Waals surface area contributed by atoms with E-state index >= 15 is 0 Å². The molecule has 0 aromatic heterocycles. The van der Waals surface area contributed by atoms with Gasteiger partial charge in [-0.1, -0.05) is 0 Å². The zero-order valence-electron chi connectivity index (χ0n) is 11.0. The Bertz CT molecular complexity index is 383. The Balaban J connectivity index is 1.67. The summed E-state index contributed by atoms with van der Waals surface area (Å²) in [6.07, 6.45) is 4.91. The first-order valence-electron chi connectivity index (χ1n) is 7.29. The number of carbonyl (C=O) groups excluding carboxylic acids is 1. The molecule has 2 bridgehead atoms. The number of piperidine rings is 1. The van der Waals surface area contributed by atoms with E-state index in [1.807, 2.05) is 4.90 Å². The molecule has 4 atom stereocenters. The van der Waals surface area contributed by atoms with E-state index in [4.69, 9.17) is 5.11 Å². The van der Waals surface area contributed by atoms with Crippen LogP contribution in [0.4, 0.5) is 0 Å². The fourth-order valence-electron chi connectivity index (χ4n) is 4.15. The van der Waals surface area contributed by atoms with Crippen LogP contribution in [0.25, 0.3) is 0 Å². The van der Waals surface area contributed by atoms with Crippen molar-refractivity contribution in [3.8, 4) is 0 Å². The van der Waals surface area contributed by atoms with E-state index in [9.17, 15) is 14.7 Å². The van der Waals surface area contributed by atoms with Gasteiger partial charge in [-0.15, -0.1) is 0 Å². The highest BCUT2D eigenvalue weighted by molar-refractivity contribution is 5.82. The Labute approximate surface area is 112 Å². The van der Waals surface area contributed by atoms with Crippen molar-refractivity contribution in [2.24, 2.45) is 11.8 Å². The lowest BCUT2D eigenvalue weighted by molar-refractivity contribution is -0.143. The zero-order valence-corrected chi connectivity index (χ0v) is 11.0. The molecule has 1 saturated carbocycles. The van der Waals surface area contributed by atoms with Crippen LogP contribution in [0.15, 0.2) is 0 Å². The van der Waals surface area contributed by atoms with E-state index < -0.39 is 5.97 Å². The fraction of sp³-hybridized carbons (Fsp3) is 0.857. The standard InChI is InChI=1S/C14H21NO4/c16-12-6-10-3-4-11(7-12)15(10)13(17)8-1-2-9(5-8)14(18)19/h8-12,16H,1-7H2,(H,18,19)/t8-,9+,10?,11?,12?/m1/s1. The van der Waals surface area contributed by atoms with Crippen LogP contribution in [0.5, 0.6) is 0 Å². The van der Waals surface area contributed by atoms with Gasteiger partial charge in [0.1, 0.15) is 0 Å². The summed E-state index contributed by atoms with van der Waals surface area (Å²) < 4.78 is 0. The SMILES string of the molecule is O=C(O)[C@H]1CC[C@@H](C(=O)N2C3CCC2CC(O)C3)C1. The molecule has 3 rings (SSSR count). The Morgan fingerprint density at radius 2 is 1.47 bits per heavy atom. The molecule has 2 unspecified atom stereocenters. The predicted octanol–water partition coefficient (Wildman–Crippen LogP) is 1.00. The molecule has 19 heavy (non-hydrogen) atoms. The number of aliphatic carboxylic acids is 1. The highest BCUT2D eigenvalue weighted by Crippen LogP contribution is 2.40. The van der Waals surface area contributed by atoms with Crippen LogP contribution in [0.2, 0.25) is 0 Å². The first-order chi connectivity index (χ1) is 9.06. The van der Waals surface area contributed by atoms with Gasteiger partial charge in [-0.2, -0.15) is 0 Å². The van der Waals surface area contributed by atoms with E-state index in [2.05, 4.69) is 0 Å². The number of carboxylic acids is 1. The second kappa shape index (κ2) is 4.78. The first-order valence-corrected chi connectivity index (χ1v) is 7.29. The topological polar surface area (TPSA) is 77.8 Å². The number of aliphatic hydroxyl groups excluding tert-OH is 1. The van der Waals surface area contributed by atoms with E-state index in [0.29, 0.717) is 32.1 Å². The van der Waals surface area contributed by atoms with Crippen LogP contribution in [0.1, 0.15) is 44.9 Å². The van der Waals surface area contributed by atoms with Crippen LogP contribution in [-0.2, 0) is 9.59 Å². The molecule has 1 amide bonds. The van der Waals surface area contributed by atoms with Gasteiger partial charge in [0.15, 0.2) is 0 Å². The molecule has 106 valence electrons. The van der Waals surface area contributed by atoms with Crippen LogP contribution < -0.4 is 0 Å². The van der Waals surface area contributed by atoms with Crippen molar-refractivity contribution in [1.82, 2.24) is 4.90 Å². The van der Waals surface area contributed by atoms with Gasteiger partial charge in [0.25, 0.3) is 0 Å². The van der Waals surface area contributed by atoms with Gasteiger partial charge in [-0.3, -0.25) is 9.59 Å². The van der Waals surface area contributed by atoms with Crippen molar-refractivity contribution >= 4 is 11.9 Å². The van der Waals surface area contributed by atoms with Gasteiger partial charge < -0.3 is 15.1 Å². The predicted molar refractivity (Wildman–Crippen MR) is 67.4 cm³/mol. The maximum absolute atomic E-state index is 12.6. The molecular formula is C14H21NO4. The molecule has 3 aliphatic rings. The molecule has 2 N–H and O–H groups in total. The lowest BCUT2D eigenvalue weighted by atomic mass is 9.96. The maximum atomic E-state index is 12.6. The van der Waals surface area contributed by atoms with Crippen LogP contribution >= 0.6 is 0 Å². The van der Waals surface area contributed by atoms with Crippen molar-refractivity contribution < 1.29 is 19.8 Å². The van der Waals surface area contributed by atoms with Gasteiger partial charge in [-0.05, 0) is 44.9 Å². The number of carbonyl (C=O) groups is 2. The summed E-state index contributed by atoms with van der Waals surface area (Å²) >= 11 is 0. The molecular weight excluding hydrogens is 246 g/mol. The molecule has 0 radical (unpaired) electrons. The van der Waals surface area contributed by atoms with E-state index in [0.717, 1.165) is 12.8 Å². The highest BCUT2D eigenvalue weighted by atomic mass is 16.4. The van der Waals surface area contributed by atoms with Crippen LogP contribution in [0.3, 0.4) is 0 Å². The van der Waals surface area contributed by atoms with Gasteiger partial charge in [0.05, 0.1) is 12.0 Å². The average molecular weight is 267 g/mol. The van der Waals surface area contributed by atoms with Crippen LogP contribution in [0, 0.1) is 11.8 Å². The van der Waals surface area contributed by atoms with E-state index in [-0.39, 0.29) is 35.9 Å². The van der Waals surface area contributed by atoms with Gasteiger partial charge >= 0.3 is 5.97 Å². The third-order valence-corrected chi connectivity index (χ3v) is 5.09. The molecule has 2 heterocycles. The normalized spacial score (nSPS) is 41.5. The number of amides is 1. The van der Waals surface area contributed by atoms with Crippen LogP contribution in [-0.4, -0.2) is 45.2 Å². The smallest absolute Gasteiger partial charge is 0.306 e. The lowest BCUT2D eigenvalue weighted by Crippen LogP contribution is -2.49. The van der Waals surface area contributed by atoms with E-state index in [1.165, 1.54) is 0 Å². The first kappa shape index (κ1) is 12.9. The number of carboxylic acid groups (broad SMARTS) is 1. The minimum atomic E-state index is -0.771. The molecule has 3 fully saturated rings. The van der Waals surface area contributed by atoms with Crippen molar-refractivity contribution in [1.29, 1.82) is 0 Å². The second-order valence-electron chi connectivity index (χ2n) is 6.30. The number of rotatable bonds is 2. The van der Waals surface area contributed by atoms with Gasteiger partial charge in [0.2, 0.25) is 5.91 Å². The zero-order chi connectivity index (χ0) is 13.6. The average Bonchev–Trinajstić information content (AvgIpc) is 2.93. The van der Waals surface area contributed by atoms with Crippen molar-refractivity contribution in [2.45, 2.75) is 63.1 Å². The number of aliphatic hydroxyl groups is 1. The summed E-state index contributed by atoms with van der Waals surface area (Å²) in [5, 5.41) is 18.8. The number of nitrogens with zero attached hydrogens (tertiary/aromatic N) is 1. The molecule has 0 aromatic carbocycles. The van der Waals surface area contributed by atoms with Gasteiger partial charge in [-0.25, -0.2) is 0 Å². The molecule has 2 saturated heterocycles. The monoisotopic (exact) mass is 267 g/mol. The Kier molecular flexibility index (Phi) is 3.25. The summed E-state index contributed by atoms with van der Waals surface area (Å²) in [6.45, 7) is 0. The largest absolute Gasteiger partial charge is 0.481 e. The summed E-state index contributed by atoms with van der Waals surface area (Å²) in [4.78, 5) is 25.5. The Morgan fingerprint density at radius 1 is 0.895 bits per heavy atom. The summed E-state index contributed by atoms with van der Waals surface area (Å²) in [6, 6.07) is 0.371. The number of hydrogen-bond acceptors (Lipinski definition) is 3. The number of fused-ring (bicyclic) bond motifs is 2. The molecule has 2 aliphatic heterocycles. The summed E-state index contributed by atoms with van der Waals surface area (Å²) in [7, 11) is 0. The fourth-order valence-corrected chi connectivity index (χ4v) is 4.15. The quantitative estimate of drug-likeness (QED) is 0.782. The molecule has 0 spiro atoms. The minimum Gasteiger partial charge on any atom is -0.481 e. The Morgan fingerprint density at radius 3 is 2.00 bits per heavy atom. The second-order valence-corrected chi connectivity index (χ2v) is 6.30. The number of hydrogen-bond donors (Lipinski definition) is 2. The van der Waals surface area contributed by atoms with E-state index in [1.54, 1.807) is 0 Å².